The Balaban J connectivity index is 2.13. The van der Waals surface area contributed by atoms with Gasteiger partial charge in [0.1, 0.15) is 0 Å². The maximum Gasteiger partial charge on any atom is 0.311 e. The van der Waals surface area contributed by atoms with Crippen molar-refractivity contribution in [2.45, 2.75) is 32.0 Å². The number of aliphatic hydroxyl groups excluding tert-OH is 1. The summed E-state index contributed by atoms with van der Waals surface area (Å²) in [5.74, 6) is -0.0998. The Morgan fingerprint density at radius 2 is 2.09 bits per heavy atom. The third-order valence-electron chi connectivity index (χ3n) is 2.73. The first-order valence-corrected chi connectivity index (χ1v) is 4.17. The van der Waals surface area contributed by atoms with Crippen LogP contribution >= 0.6 is 0 Å². The maximum atomic E-state index is 11.0. The minimum atomic E-state index is -0.812. The van der Waals surface area contributed by atoms with Crippen LogP contribution in [0.2, 0.25) is 0 Å². The molecule has 2 fully saturated rings. The normalized spacial score (nSPS) is 43.4. The topological polar surface area (TPSA) is 46.5 Å². The molecule has 0 amide bonds. The first-order valence-electron chi connectivity index (χ1n) is 4.17. The van der Waals surface area contributed by atoms with Gasteiger partial charge in [0.25, 0.3) is 0 Å². The second-order valence-electron chi connectivity index (χ2n) is 3.38. The molecule has 1 aliphatic heterocycles. The molecule has 0 aromatic heterocycles. The Morgan fingerprint density at radius 3 is 2.82 bits per heavy atom. The van der Waals surface area contributed by atoms with Crippen molar-refractivity contribution in [2.24, 2.45) is 11.8 Å². The highest BCUT2D eigenvalue weighted by Crippen LogP contribution is 2.38. The molecule has 0 aromatic carbocycles. The molecule has 1 saturated heterocycles. The van der Waals surface area contributed by atoms with Gasteiger partial charge in [-0.15, -0.1) is 0 Å². The zero-order valence-corrected chi connectivity index (χ0v) is 6.32. The van der Waals surface area contributed by atoms with Crippen LogP contribution in [-0.4, -0.2) is 17.4 Å². The highest BCUT2D eigenvalue weighted by atomic mass is 16.6. The van der Waals surface area contributed by atoms with Gasteiger partial charge in [-0.1, -0.05) is 12.8 Å². The number of hydrogen-bond donors (Lipinski definition) is 1. The van der Waals surface area contributed by atoms with E-state index in [0.717, 1.165) is 25.7 Å². The van der Waals surface area contributed by atoms with Gasteiger partial charge in [-0.3, -0.25) is 4.79 Å². The number of fused-ring (bicyclic) bond motifs is 1. The zero-order valence-electron chi connectivity index (χ0n) is 6.32. The Morgan fingerprint density at radius 1 is 1.36 bits per heavy atom. The number of aliphatic hydroxyl groups is 1. The summed E-state index contributed by atoms with van der Waals surface area (Å²) in [5, 5.41) is 9.25. The lowest BCUT2D eigenvalue weighted by Crippen LogP contribution is -2.23. The minimum absolute atomic E-state index is 0.00116. The van der Waals surface area contributed by atoms with Crippen LogP contribution in [0.5, 0.6) is 0 Å². The smallest absolute Gasteiger partial charge is 0.311 e. The Labute approximate surface area is 65.4 Å². The highest BCUT2D eigenvalue weighted by Gasteiger charge is 2.44. The number of rotatable bonds is 0. The van der Waals surface area contributed by atoms with Gasteiger partial charge in [0.2, 0.25) is 6.29 Å². The lowest BCUT2D eigenvalue weighted by molar-refractivity contribution is -0.156. The van der Waals surface area contributed by atoms with Crippen LogP contribution in [0.4, 0.5) is 0 Å². The lowest BCUT2D eigenvalue weighted by Gasteiger charge is -2.21. The number of ether oxygens (including phenoxy) is 1. The monoisotopic (exact) mass is 156 g/mol. The van der Waals surface area contributed by atoms with Crippen molar-refractivity contribution < 1.29 is 14.6 Å². The molecule has 0 spiro atoms. The molecule has 62 valence electrons. The van der Waals surface area contributed by atoms with Crippen LogP contribution in [-0.2, 0) is 9.53 Å². The summed E-state index contributed by atoms with van der Waals surface area (Å²) in [6.45, 7) is 0. The molecule has 0 radical (unpaired) electrons. The molecule has 1 unspecified atom stereocenters. The third kappa shape index (κ3) is 1.03. The minimum Gasteiger partial charge on any atom is -0.435 e. The Hall–Kier alpha value is -0.570. The zero-order chi connectivity index (χ0) is 7.84. The Kier molecular flexibility index (Phi) is 1.60. The molecule has 0 bridgehead atoms. The standard InChI is InChI=1S/C8H12O3/c9-7-5-3-1-2-4-6(5)8(10)11-7/h5-7,9H,1-4H2/t5?,6-,7-/m0/s1. The lowest BCUT2D eigenvalue weighted by atomic mass is 9.81. The van der Waals surface area contributed by atoms with Gasteiger partial charge in [-0.05, 0) is 12.8 Å². The first kappa shape index (κ1) is 7.10. The largest absolute Gasteiger partial charge is 0.435 e. The average molecular weight is 156 g/mol. The molecule has 1 aliphatic carbocycles. The summed E-state index contributed by atoms with van der Waals surface area (Å²) in [4.78, 5) is 11.0. The van der Waals surface area contributed by atoms with Crippen molar-refractivity contribution in [1.82, 2.24) is 0 Å². The van der Waals surface area contributed by atoms with E-state index >= 15 is 0 Å². The van der Waals surface area contributed by atoms with Gasteiger partial charge in [0.15, 0.2) is 0 Å². The molecule has 3 heteroatoms. The van der Waals surface area contributed by atoms with Gasteiger partial charge in [0.05, 0.1) is 5.92 Å². The van der Waals surface area contributed by atoms with Crippen molar-refractivity contribution in [3.05, 3.63) is 0 Å². The van der Waals surface area contributed by atoms with E-state index in [4.69, 9.17) is 4.74 Å². The number of hydrogen-bond acceptors (Lipinski definition) is 3. The summed E-state index contributed by atoms with van der Waals surface area (Å²) in [6.07, 6.45) is 3.25. The second kappa shape index (κ2) is 2.48. The first-order chi connectivity index (χ1) is 5.29. The molecule has 11 heavy (non-hydrogen) atoms. The number of carbonyl (C=O) groups excluding carboxylic acids is 1. The van der Waals surface area contributed by atoms with E-state index in [1.165, 1.54) is 0 Å². The van der Waals surface area contributed by atoms with Crippen molar-refractivity contribution in [3.63, 3.8) is 0 Å². The van der Waals surface area contributed by atoms with Gasteiger partial charge in [-0.2, -0.15) is 0 Å². The average Bonchev–Trinajstić information content (AvgIpc) is 2.30. The highest BCUT2D eigenvalue weighted by molar-refractivity contribution is 5.75. The number of carbonyl (C=O) groups is 1. The van der Waals surface area contributed by atoms with E-state index in [2.05, 4.69) is 0 Å². The molecular formula is C8H12O3. The fourth-order valence-electron chi connectivity index (χ4n) is 2.09. The maximum absolute atomic E-state index is 11.0. The molecule has 0 aromatic rings. The van der Waals surface area contributed by atoms with Gasteiger partial charge in [0, 0.05) is 5.92 Å². The predicted octanol–water partition coefficient (Wildman–Crippen LogP) is 0.668. The molecule has 1 heterocycles. The second-order valence-corrected chi connectivity index (χ2v) is 3.38. The molecule has 3 atom stereocenters. The van der Waals surface area contributed by atoms with Gasteiger partial charge < -0.3 is 9.84 Å². The molecule has 2 rings (SSSR count). The van der Waals surface area contributed by atoms with Crippen LogP contribution < -0.4 is 0 Å². The fraction of sp³-hybridized carbons (Fsp3) is 0.875. The van der Waals surface area contributed by atoms with Crippen LogP contribution in [0, 0.1) is 11.8 Å². The van der Waals surface area contributed by atoms with Crippen LogP contribution in [0.1, 0.15) is 25.7 Å². The van der Waals surface area contributed by atoms with Crippen LogP contribution in [0.3, 0.4) is 0 Å². The van der Waals surface area contributed by atoms with E-state index in [9.17, 15) is 9.90 Å². The van der Waals surface area contributed by atoms with Crippen molar-refractivity contribution >= 4 is 5.97 Å². The van der Waals surface area contributed by atoms with E-state index < -0.39 is 6.29 Å². The van der Waals surface area contributed by atoms with E-state index in [1.807, 2.05) is 0 Å². The van der Waals surface area contributed by atoms with E-state index in [1.54, 1.807) is 0 Å². The predicted molar refractivity (Wildman–Crippen MR) is 37.5 cm³/mol. The molecule has 3 nitrogen and oxygen atoms in total. The van der Waals surface area contributed by atoms with Gasteiger partial charge in [-0.25, -0.2) is 0 Å². The Bertz CT molecular complexity index is 178. The van der Waals surface area contributed by atoms with Gasteiger partial charge >= 0.3 is 5.97 Å². The number of cyclic esters (lactones) is 1. The third-order valence-corrected chi connectivity index (χ3v) is 2.73. The summed E-state index contributed by atoms with van der Waals surface area (Å²) >= 11 is 0. The molecule has 1 saturated carbocycles. The van der Waals surface area contributed by atoms with Crippen molar-refractivity contribution in [3.8, 4) is 0 Å². The molecular weight excluding hydrogens is 144 g/mol. The number of esters is 1. The SMILES string of the molecule is O=C1O[C@H](O)C2CCCC[C@H]12. The quantitative estimate of drug-likeness (QED) is 0.524. The van der Waals surface area contributed by atoms with Crippen molar-refractivity contribution in [2.75, 3.05) is 0 Å². The fourth-order valence-corrected chi connectivity index (χ4v) is 2.09. The molecule has 1 N–H and O–H groups in total. The summed E-state index contributed by atoms with van der Waals surface area (Å²) in [5.41, 5.74) is 0. The summed E-state index contributed by atoms with van der Waals surface area (Å²) < 4.78 is 4.72. The summed E-state index contributed by atoms with van der Waals surface area (Å²) in [7, 11) is 0. The van der Waals surface area contributed by atoms with E-state index in [0.29, 0.717) is 0 Å². The van der Waals surface area contributed by atoms with Crippen LogP contribution in [0.25, 0.3) is 0 Å². The van der Waals surface area contributed by atoms with Crippen molar-refractivity contribution in [1.29, 1.82) is 0 Å². The molecule has 2 aliphatic rings. The summed E-state index contributed by atoms with van der Waals surface area (Å²) in [6, 6.07) is 0. The van der Waals surface area contributed by atoms with E-state index in [-0.39, 0.29) is 17.8 Å². The van der Waals surface area contributed by atoms with Crippen LogP contribution in [0.15, 0.2) is 0 Å².